The zero-order valence-corrected chi connectivity index (χ0v) is 11.5. The fourth-order valence-electron chi connectivity index (χ4n) is 1.83. The maximum atomic E-state index is 12.3. The van der Waals surface area contributed by atoms with Crippen LogP contribution in [0.5, 0.6) is 0 Å². The summed E-state index contributed by atoms with van der Waals surface area (Å²) in [7, 11) is 1.76. The average molecular weight is 261 g/mol. The number of aromatic nitrogens is 2. The van der Waals surface area contributed by atoms with Crippen molar-refractivity contribution in [2.45, 2.75) is 20.0 Å². The first-order valence-corrected chi connectivity index (χ1v) is 6.39. The van der Waals surface area contributed by atoms with E-state index in [1.807, 2.05) is 38.1 Å². The van der Waals surface area contributed by atoms with E-state index in [0.717, 1.165) is 10.9 Å². The van der Waals surface area contributed by atoms with Gasteiger partial charge in [0.25, 0.3) is 5.91 Å². The molecule has 0 aliphatic carbocycles. The molecule has 1 aromatic carbocycles. The van der Waals surface area contributed by atoms with E-state index in [-0.39, 0.29) is 12.0 Å². The molecular weight excluding hydrogens is 242 g/mol. The number of benzene rings is 1. The summed E-state index contributed by atoms with van der Waals surface area (Å²) in [5.41, 5.74) is 1.33. The number of H-pyrrole nitrogens is 1. The van der Waals surface area contributed by atoms with E-state index in [2.05, 4.69) is 10.2 Å². The predicted octanol–water partition coefficient (Wildman–Crippen LogP) is 2.06. The van der Waals surface area contributed by atoms with Crippen molar-refractivity contribution in [2.24, 2.45) is 0 Å². The zero-order valence-electron chi connectivity index (χ0n) is 11.5. The molecule has 1 N–H and O–H groups in total. The number of nitrogens with zero attached hydrogens (tertiary/aromatic N) is 2. The van der Waals surface area contributed by atoms with E-state index >= 15 is 0 Å². The standard InChI is InChI=1S/C14H19N3O2/c1-10(2)19-9-8-17(3)14(18)13-11-6-4-5-7-12(11)15-16-13/h4-7,10H,8-9H2,1-3H3,(H,15,16). The third-order valence-electron chi connectivity index (χ3n) is 2.90. The molecule has 1 heterocycles. The number of aromatic amines is 1. The van der Waals surface area contributed by atoms with Crippen molar-refractivity contribution in [3.63, 3.8) is 0 Å². The molecule has 1 amide bonds. The number of ether oxygens (including phenoxy) is 1. The number of hydrogen-bond donors (Lipinski definition) is 1. The summed E-state index contributed by atoms with van der Waals surface area (Å²) in [6.45, 7) is 5.03. The molecule has 0 spiro atoms. The third kappa shape index (κ3) is 3.12. The minimum absolute atomic E-state index is 0.0928. The molecule has 2 rings (SSSR count). The van der Waals surface area contributed by atoms with Crippen molar-refractivity contribution in [1.29, 1.82) is 0 Å². The van der Waals surface area contributed by atoms with E-state index in [9.17, 15) is 4.79 Å². The maximum Gasteiger partial charge on any atom is 0.274 e. The molecule has 19 heavy (non-hydrogen) atoms. The van der Waals surface area contributed by atoms with Crippen LogP contribution in [0.3, 0.4) is 0 Å². The quantitative estimate of drug-likeness (QED) is 0.896. The molecule has 0 atom stereocenters. The van der Waals surface area contributed by atoms with Gasteiger partial charge in [-0.05, 0) is 19.9 Å². The number of carbonyl (C=O) groups excluding carboxylic acids is 1. The maximum absolute atomic E-state index is 12.3. The van der Waals surface area contributed by atoms with Gasteiger partial charge in [-0.1, -0.05) is 18.2 Å². The highest BCUT2D eigenvalue weighted by Gasteiger charge is 2.17. The molecule has 102 valence electrons. The lowest BCUT2D eigenvalue weighted by atomic mass is 10.2. The summed E-state index contributed by atoms with van der Waals surface area (Å²) in [5, 5.41) is 7.82. The first-order valence-electron chi connectivity index (χ1n) is 6.39. The Labute approximate surface area is 112 Å². The first kappa shape index (κ1) is 13.5. The Morgan fingerprint density at radius 2 is 2.16 bits per heavy atom. The highest BCUT2D eigenvalue weighted by Crippen LogP contribution is 2.16. The molecule has 0 bridgehead atoms. The fourth-order valence-corrected chi connectivity index (χ4v) is 1.83. The van der Waals surface area contributed by atoms with Crippen LogP contribution in [-0.4, -0.2) is 47.3 Å². The van der Waals surface area contributed by atoms with Gasteiger partial charge < -0.3 is 9.64 Å². The lowest BCUT2D eigenvalue weighted by Gasteiger charge is -2.17. The Kier molecular flexibility index (Phi) is 4.16. The Bertz CT molecular complexity index is 563. The monoisotopic (exact) mass is 261 g/mol. The molecule has 0 radical (unpaired) electrons. The summed E-state index contributed by atoms with van der Waals surface area (Å²) in [6, 6.07) is 7.61. The number of carbonyl (C=O) groups is 1. The van der Waals surface area contributed by atoms with Gasteiger partial charge in [0, 0.05) is 19.0 Å². The van der Waals surface area contributed by atoms with Gasteiger partial charge >= 0.3 is 0 Å². The lowest BCUT2D eigenvalue weighted by molar-refractivity contribution is 0.0530. The van der Waals surface area contributed by atoms with Crippen LogP contribution in [0, 0.1) is 0 Å². The zero-order chi connectivity index (χ0) is 13.8. The molecular formula is C14H19N3O2. The summed E-state index contributed by atoms with van der Waals surface area (Å²) < 4.78 is 5.45. The topological polar surface area (TPSA) is 58.2 Å². The largest absolute Gasteiger partial charge is 0.377 e. The number of para-hydroxylation sites is 1. The van der Waals surface area contributed by atoms with Crippen LogP contribution in [-0.2, 0) is 4.74 Å². The van der Waals surface area contributed by atoms with Crippen molar-refractivity contribution in [3.05, 3.63) is 30.0 Å². The third-order valence-corrected chi connectivity index (χ3v) is 2.90. The Morgan fingerprint density at radius 3 is 2.89 bits per heavy atom. The number of fused-ring (bicyclic) bond motifs is 1. The Hall–Kier alpha value is -1.88. The van der Waals surface area contributed by atoms with Crippen LogP contribution >= 0.6 is 0 Å². The number of hydrogen-bond acceptors (Lipinski definition) is 3. The summed E-state index contributed by atoms with van der Waals surface area (Å²) in [5.74, 6) is -0.0928. The molecule has 2 aromatic rings. The van der Waals surface area contributed by atoms with Gasteiger partial charge in [0.15, 0.2) is 5.69 Å². The molecule has 0 aliphatic rings. The molecule has 0 aliphatic heterocycles. The van der Waals surface area contributed by atoms with Crippen LogP contribution in [0.15, 0.2) is 24.3 Å². The number of likely N-dealkylation sites (N-methyl/N-ethyl adjacent to an activating group) is 1. The van der Waals surface area contributed by atoms with Crippen molar-refractivity contribution in [3.8, 4) is 0 Å². The number of rotatable bonds is 5. The second-order valence-corrected chi connectivity index (χ2v) is 4.76. The molecule has 5 heteroatoms. The van der Waals surface area contributed by atoms with Gasteiger partial charge in [0.05, 0.1) is 18.2 Å². The van der Waals surface area contributed by atoms with Gasteiger partial charge in [-0.25, -0.2) is 0 Å². The van der Waals surface area contributed by atoms with Crippen molar-refractivity contribution < 1.29 is 9.53 Å². The van der Waals surface area contributed by atoms with Crippen molar-refractivity contribution in [1.82, 2.24) is 15.1 Å². The number of nitrogens with one attached hydrogen (secondary N) is 1. The molecule has 0 saturated heterocycles. The molecule has 5 nitrogen and oxygen atoms in total. The van der Waals surface area contributed by atoms with Crippen LogP contribution in [0.2, 0.25) is 0 Å². The average Bonchev–Trinajstić information content (AvgIpc) is 2.81. The normalized spacial score (nSPS) is 11.2. The van der Waals surface area contributed by atoms with Gasteiger partial charge in [0.2, 0.25) is 0 Å². The molecule has 0 unspecified atom stereocenters. The highest BCUT2D eigenvalue weighted by atomic mass is 16.5. The molecule has 0 saturated carbocycles. The lowest BCUT2D eigenvalue weighted by Crippen LogP contribution is -2.31. The fraction of sp³-hybridized carbons (Fsp3) is 0.429. The van der Waals surface area contributed by atoms with Crippen LogP contribution < -0.4 is 0 Å². The summed E-state index contributed by atoms with van der Waals surface area (Å²) >= 11 is 0. The number of amides is 1. The van der Waals surface area contributed by atoms with E-state index < -0.39 is 0 Å². The van der Waals surface area contributed by atoms with Crippen molar-refractivity contribution >= 4 is 16.8 Å². The van der Waals surface area contributed by atoms with Crippen LogP contribution in [0.25, 0.3) is 10.9 Å². The van der Waals surface area contributed by atoms with E-state index in [4.69, 9.17) is 4.74 Å². The van der Waals surface area contributed by atoms with Gasteiger partial charge in [-0.15, -0.1) is 0 Å². The van der Waals surface area contributed by atoms with Gasteiger partial charge in [-0.2, -0.15) is 5.10 Å². The Morgan fingerprint density at radius 1 is 1.42 bits per heavy atom. The molecule has 1 aromatic heterocycles. The van der Waals surface area contributed by atoms with E-state index in [0.29, 0.717) is 18.8 Å². The SMILES string of the molecule is CC(C)OCCN(C)C(=O)c1n[nH]c2ccccc12. The second kappa shape index (κ2) is 5.84. The second-order valence-electron chi connectivity index (χ2n) is 4.76. The van der Waals surface area contributed by atoms with Gasteiger partial charge in [0.1, 0.15) is 0 Å². The van der Waals surface area contributed by atoms with E-state index in [1.165, 1.54) is 0 Å². The summed E-state index contributed by atoms with van der Waals surface area (Å²) in [6.07, 6.45) is 0.176. The smallest absolute Gasteiger partial charge is 0.274 e. The first-order chi connectivity index (χ1) is 9.09. The van der Waals surface area contributed by atoms with Gasteiger partial charge in [-0.3, -0.25) is 9.89 Å². The Balaban J connectivity index is 2.06. The van der Waals surface area contributed by atoms with Crippen molar-refractivity contribution in [2.75, 3.05) is 20.2 Å². The van der Waals surface area contributed by atoms with E-state index in [1.54, 1.807) is 11.9 Å². The molecule has 0 fully saturated rings. The van der Waals surface area contributed by atoms with Crippen LogP contribution in [0.4, 0.5) is 0 Å². The highest BCUT2D eigenvalue weighted by molar-refractivity contribution is 6.04. The minimum Gasteiger partial charge on any atom is -0.377 e. The predicted molar refractivity (Wildman–Crippen MR) is 74.1 cm³/mol. The van der Waals surface area contributed by atoms with Crippen LogP contribution in [0.1, 0.15) is 24.3 Å². The summed E-state index contributed by atoms with van der Waals surface area (Å²) in [4.78, 5) is 13.9. The minimum atomic E-state index is -0.0928.